The quantitative estimate of drug-likeness (QED) is 0.842. The Balaban J connectivity index is 1.55. The van der Waals surface area contributed by atoms with Crippen LogP contribution in [0.3, 0.4) is 0 Å². The van der Waals surface area contributed by atoms with Crippen LogP contribution in [0, 0.1) is 19.8 Å². The van der Waals surface area contributed by atoms with E-state index in [0.717, 1.165) is 56.7 Å². The largest absolute Gasteiger partial charge is 0.381 e. The van der Waals surface area contributed by atoms with E-state index in [-0.39, 0.29) is 0 Å². The summed E-state index contributed by atoms with van der Waals surface area (Å²) in [7, 11) is 0. The summed E-state index contributed by atoms with van der Waals surface area (Å²) in [5.74, 6) is 0.756. The molecule has 3 rings (SSSR count). The minimum absolute atomic E-state index is 0.756. The summed E-state index contributed by atoms with van der Waals surface area (Å²) in [5, 5.41) is 0. The van der Waals surface area contributed by atoms with Gasteiger partial charge in [-0.3, -0.25) is 9.88 Å². The molecule has 2 aliphatic heterocycles. The summed E-state index contributed by atoms with van der Waals surface area (Å²) in [6, 6.07) is 4.40. The van der Waals surface area contributed by atoms with Crippen molar-refractivity contribution in [3.8, 4) is 0 Å². The molecule has 1 aromatic rings. The number of ether oxygens (including phenoxy) is 1. The van der Waals surface area contributed by atoms with E-state index in [1.54, 1.807) is 0 Å². The van der Waals surface area contributed by atoms with E-state index in [1.165, 1.54) is 18.7 Å². The average Bonchev–Trinajstić information content (AvgIpc) is 2.91. The first-order valence-corrected chi connectivity index (χ1v) is 7.71. The molecular formula is C16H25N3O. The summed E-state index contributed by atoms with van der Waals surface area (Å²) < 4.78 is 5.47. The van der Waals surface area contributed by atoms with Crippen LogP contribution in [0.15, 0.2) is 12.1 Å². The molecule has 1 aromatic heterocycles. The number of pyridine rings is 1. The maximum Gasteiger partial charge on any atom is 0.0507 e. The number of hydrogen-bond donors (Lipinski definition) is 0. The minimum Gasteiger partial charge on any atom is -0.381 e. The third kappa shape index (κ3) is 3.30. The standard InChI is InChI=1S/C16H25N3O/c1-13-9-16(10-14(2)17-13)19-6-4-18(5-7-19)11-15-3-8-20-12-15/h9-10,15H,3-8,11-12H2,1-2H3/t15-/m1/s1. The van der Waals surface area contributed by atoms with Gasteiger partial charge in [-0.15, -0.1) is 0 Å². The van der Waals surface area contributed by atoms with Gasteiger partial charge in [0.2, 0.25) is 0 Å². The van der Waals surface area contributed by atoms with Gasteiger partial charge < -0.3 is 9.64 Å². The molecule has 4 heteroatoms. The molecule has 0 amide bonds. The fourth-order valence-corrected chi connectivity index (χ4v) is 3.28. The van der Waals surface area contributed by atoms with Crippen LogP contribution in [0.5, 0.6) is 0 Å². The Morgan fingerprint density at radius 3 is 2.45 bits per heavy atom. The van der Waals surface area contributed by atoms with E-state index in [1.807, 2.05) is 0 Å². The van der Waals surface area contributed by atoms with Crippen LogP contribution in [0.2, 0.25) is 0 Å². The highest BCUT2D eigenvalue weighted by molar-refractivity contribution is 5.48. The summed E-state index contributed by atoms with van der Waals surface area (Å²) in [4.78, 5) is 9.54. The zero-order valence-corrected chi connectivity index (χ0v) is 12.6. The Labute approximate surface area is 121 Å². The van der Waals surface area contributed by atoms with Crippen molar-refractivity contribution in [3.63, 3.8) is 0 Å². The van der Waals surface area contributed by atoms with Gasteiger partial charge >= 0.3 is 0 Å². The van der Waals surface area contributed by atoms with Crippen LogP contribution >= 0.6 is 0 Å². The second-order valence-electron chi connectivity index (χ2n) is 6.13. The fraction of sp³-hybridized carbons (Fsp3) is 0.688. The third-order valence-electron chi connectivity index (χ3n) is 4.34. The highest BCUT2D eigenvalue weighted by atomic mass is 16.5. The number of hydrogen-bond acceptors (Lipinski definition) is 4. The third-order valence-corrected chi connectivity index (χ3v) is 4.34. The van der Waals surface area contributed by atoms with Crippen LogP contribution in [0.25, 0.3) is 0 Å². The first kappa shape index (κ1) is 13.8. The lowest BCUT2D eigenvalue weighted by atomic mass is 10.1. The number of anilines is 1. The molecule has 1 atom stereocenters. The Kier molecular flexibility index (Phi) is 4.22. The first-order chi connectivity index (χ1) is 9.70. The van der Waals surface area contributed by atoms with Crippen molar-refractivity contribution in [2.75, 3.05) is 50.8 Å². The number of nitrogens with zero attached hydrogens (tertiary/aromatic N) is 3. The summed E-state index contributed by atoms with van der Waals surface area (Å²) >= 11 is 0. The van der Waals surface area contributed by atoms with Gasteiger partial charge in [-0.1, -0.05) is 0 Å². The van der Waals surface area contributed by atoms with E-state index >= 15 is 0 Å². The molecule has 0 N–H and O–H groups in total. The lowest BCUT2D eigenvalue weighted by Crippen LogP contribution is -2.48. The van der Waals surface area contributed by atoms with Crippen molar-refractivity contribution in [1.29, 1.82) is 0 Å². The van der Waals surface area contributed by atoms with Crippen LogP contribution in [-0.2, 0) is 4.74 Å². The number of aromatic nitrogens is 1. The van der Waals surface area contributed by atoms with E-state index < -0.39 is 0 Å². The van der Waals surface area contributed by atoms with Gasteiger partial charge in [0, 0.05) is 56.4 Å². The molecule has 0 unspecified atom stereocenters. The molecule has 0 aliphatic carbocycles. The van der Waals surface area contributed by atoms with Crippen LogP contribution in [0.4, 0.5) is 5.69 Å². The van der Waals surface area contributed by atoms with E-state index in [2.05, 4.69) is 40.8 Å². The molecule has 110 valence electrons. The van der Waals surface area contributed by atoms with Crippen LogP contribution in [0.1, 0.15) is 17.8 Å². The molecule has 2 fully saturated rings. The van der Waals surface area contributed by atoms with E-state index in [0.29, 0.717) is 0 Å². The molecule has 0 radical (unpaired) electrons. The van der Waals surface area contributed by atoms with Gasteiger partial charge in [0.05, 0.1) is 6.61 Å². The molecule has 20 heavy (non-hydrogen) atoms. The predicted octanol–water partition coefficient (Wildman–Crippen LogP) is 1.86. The molecule has 3 heterocycles. The highest BCUT2D eigenvalue weighted by Gasteiger charge is 2.23. The van der Waals surface area contributed by atoms with Crippen molar-refractivity contribution < 1.29 is 4.74 Å². The lowest BCUT2D eigenvalue weighted by molar-refractivity contribution is 0.164. The summed E-state index contributed by atoms with van der Waals surface area (Å²) in [6.07, 6.45) is 1.24. The molecule has 0 saturated carbocycles. The molecule has 2 aliphatic rings. The van der Waals surface area contributed by atoms with E-state index in [4.69, 9.17) is 4.74 Å². The average molecular weight is 275 g/mol. The van der Waals surface area contributed by atoms with Crippen molar-refractivity contribution in [2.24, 2.45) is 5.92 Å². The second kappa shape index (κ2) is 6.10. The van der Waals surface area contributed by atoms with Gasteiger partial charge in [-0.2, -0.15) is 0 Å². The van der Waals surface area contributed by atoms with Gasteiger partial charge in [0.1, 0.15) is 0 Å². The second-order valence-corrected chi connectivity index (χ2v) is 6.13. The maximum absolute atomic E-state index is 5.47. The molecule has 0 spiro atoms. The normalized spacial score (nSPS) is 24.3. The topological polar surface area (TPSA) is 28.6 Å². The summed E-state index contributed by atoms with van der Waals surface area (Å²) in [6.45, 7) is 11.9. The van der Waals surface area contributed by atoms with Crippen LogP contribution < -0.4 is 4.90 Å². The fourth-order valence-electron chi connectivity index (χ4n) is 3.28. The smallest absolute Gasteiger partial charge is 0.0507 e. The van der Waals surface area contributed by atoms with Crippen molar-refractivity contribution in [3.05, 3.63) is 23.5 Å². The minimum atomic E-state index is 0.756. The van der Waals surface area contributed by atoms with Crippen molar-refractivity contribution >= 4 is 5.69 Å². The number of rotatable bonds is 3. The Morgan fingerprint density at radius 2 is 1.85 bits per heavy atom. The Morgan fingerprint density at radius 1 is 1.15 bits per heavy atom. The zero-order chi connectivity index (χ0) is 13.9. The molecule has 0 bridgehead atoms. The monoisotopic (exact) mass is 275 g/mol. The highest BCUT2D eigenvalue weighted by Crippen LogP contribution is 2.20. The van der Waals surface area contributed by atoms with Gasteiger partial charge in [-0.25, -0.2) is 0 Å². The van der Waals surface area contributed by atoms with Crippen LogP contribution in [-0.4, -0.2) is 55.8 Å². The predicted molar refractivity (Wildman–Crippen MR) is 81.3 cm³/mol. The summed E-state index contributed by atoms with van der Waals surface area (Å²) in [5.41, 5.74) is 3.56. The Hall–Kier alpha value is -1.13. The molecule has 4 nitrogen and oxygen atoms in total. The molecule has 0 aromatic carbocycles. The van der Waals surface area contributed by atoms with E-state index in [9.17, 15) is 0 Å². The van der Waals surface area contributed by atoms with Crippen molar-refractivity contribution in [2.45, 2.75) is 20.3 Å². The maximum atomic E-state index is 5.47. The first-order valence-electron chi connectivity index (χ1n) is 7.71. The zero-order valence-electron chi connectivity index (χ0n) is 12.6. The molecule has 2 saturated heterocycles. The van der Waals surface area contributed by atoms with Crippen molar-refractivity contribution in [1.82, 2.24) is 9.88 Å². The number of piperazine rings is 1. The Bertz CT molecular complexity index is 429. The van der Waals surface area contributed by atoms with Gasteiger partial charge in [0.25, 0.3) is 0 Å². The number of aryl methyl sites for hydroxylation is 2. The van der Waals surface area contributed by atoms with Gasteiger partial charge in [-0.05, 0) is 38.3 Å². The SMILES string of the molecule is Cc1cc(N2CCN(C[C@H]3CCOC3)CC2)cc(C)n1. The van der Waals surface area contributed by atoms with Gasteiger partial charge in [0.15, 0.2) is 0 Å². The molecular weight excluding hydrogens is 250 g/mol. The lowest BCUT2D eigenvalue weighted by Gasteiger charge is -2.37.